The van der Waals surface area contributed by atoms with Gasteiger partial charge in [0.05, 0.1) is 0 Å². The third kappa shape index (κ3) is 5.26. The molecule has 4 aliphatic rings. The van der Waals surface area contributed by atoms with Gasteiger partial charge in [0.2, 0.25) is 0 Å². The predicted molar refractivity (Wildman–Crippen MR) is 153 cm³/mol. The fraction of sp³-hybridized carbons (Fsp3) is 0.485. The van der Waals surface area contributed by atoms with Crippen molar-refractivity contribution in [2.45, 2.75) is 95.7 Å². The van der Waals surface area contributed by atoms with Crippen molar-refractivity contribution < 1.29 is 14.4 Å². The van der Waals surface area contributed by atoms with Crippen molar-refractivity contribution in [3.63, 3.8) is 0 Å². The Kier molecular flexibility index (Phi) is 7.53. The first-order chi connectivity index (χ1) is 19.1. The number of hydrogen-bond acceptors (Lipinski definition) is 4. The van der Waals surface area contributed by atoms with Crippen LogP contribution in [0.3, 0.4) is 0 Å². The van der Waals surface area contributed by atoms with Crippen LogP contribution >= 0.6 is 0 Å². The molecule has 0 radical (unpaired) electrons. The molecule has 0 N–H and O–H groups in total. The van der Waals surface area contributed by atoms with E-state index in [1.54, 1.807) is 6.08 Å². The van der Waals surface area contributed by atoms with Crippen LogP contribution in [-0.4, -0.2) is 46.3 Å². The number of aryl methyl sites for hydroxylation is 1. The Morgan fingerprint density at radius 3 is 1.95 bits per heavy atom. The van der Waals surface area contributed by atoms with Crippen LogP contribution in [0.15, 0.2) is 54.1 Å². The van der Waals surface area contributed by atoms with Crippen LogP contribution in [-0.2, 0) is 22.6 Å². The van der Waals surface area contributed by atoms with Crippen molar-refractivity contribution in [3.05, 3.63) is 70.8 Å². The molecule has 4 amide bonds. The number of carbonyl (C=O) groups is 3. The van der Waals surface area contributed by atoms with Gasteiger partial charge in [-0.25, -0.2) is 4.79 Å². The molecule has 2 heterocycles. The van der Waals surface area contributed by atoms with Gasteiger partial charge in [-0.15, -0.1) is 0 Å². The quantitative estimate of drug-likeness (QED) is 0.331. The number of anilines is 1. The van der Waals surface area contributed by atoms with Gasteiger partial charge in [0.25, 0.3) is 11.8 Å². The summed E-state index contributed by atoms with van der Waals surface area (Å²) >= 11 is 0. The number of fused-ring (bicyclic) bond motifs is 1. The smallest absolute Gasteiger partial charge is 0.334 e. The molecule has 0 aromatic heterocycles. The molecule has 2 aliphatic heterocycles. The van der Waals surface area contributed by atoms with Gasteiger partial charge in [-0.3, -0.25) is 19.4 Å². The molecule has 0 unspecified atom stereocenters. The minimum absolute atomic E-state index is 0.114. The van der Waals surface area contributed by atoms with Crippen LogP contribution in [0.4, 0.5) is 10.5 Å². The monoisotopic (exact) mass is 525 g/mol. The van der Waals surface area contributed by atoms with Gasteiger partial charge in [-0.2, -0.15) is 0 Å². The number of imide groups is 2. The normalized spacial score (nSPS) is 21.4. The summed E-state index contributed by atoms with van der Waals surface area (Å²) in [4.78, 5) is 46.6. The summed E-state index contributed by atoms with van der Waals surface area (Å²) in [6.45, 7) is 1.87. The van der Waals surface area contributed by atoms with Gasteiger partial charge >= 0.3 is 6.03 Å². The van der Waals surface area contributed by atoms with E-state index in [4.69, 9.17) is 0 Å². The van der Waals surface area contributed by atoms with Crippen LogP contribution in [0.5, 0.6) is 0 Å². The highest BCUT2D eigenvalue weighted by Gasteiger charge is 2.47. The third-order valence-corrected chi connectivity index (χ3v) is 9.04. The molecule has 2 aromatic carbocycles. The van der Waals surface area contributed by atoms with Crippen LogP contribution in [0, 0.1) is 0 Å². The van der Waals surface area contributed by atoms with E-state index in [9.17, 15) is 14.4 Å². The lowest BCUT2D eigenvalue weighted by molar-refractivity contribution is -0.139. The highest BCUT2D eigenvalue weighted by molar-refractivity contribution is 6.31. The van der Waals surface area contributed by atoms with E-state index in [0.717, 1.165) is 95.7 Å². The van der Waals surface area contributed by atoms with Gasteiger partial charge < -0.3 is 4.90 Å². The van der Waals surface area contributed by atoms with Gasteiger partial charge in [0.1, 0.15) is 5.57 Å². The molecule has 2 saturated carbocycles. The SMILES string of the molecule is O=C1C(=Cc2ccc3c(c2)CCCN3Cc2ccccc2)C(=O)N(C2CCCCC2)C(=O)N1C1CCCCC1. The molecular formula is C33H39N3O3. The van der Waals surface area contributed by atoms with E-state index in [1.165, 1.54) is 26.6 Å². The lowest BCUT2D eigenvalue weighted by atomic mass is 9.90. The topological polar surface area (TPSA) is 60.9 Å². The van der Waals surface area contributed by atoms with Gasteiger partial charge in [0, 0.05) is 30.9 Å². The van der Waals surface area contributed by atoms with E-state index in [2.05, 4.69) is 41.3 Å². The highest BCUT2D eigenvalue weighted by atomic mass is 16.2. The zero-order valence-electron chi connectivity index (χ0n) is 22.8. The second-order valence-electron chi connectivity index (χ2n) is 11.7. The van der Waals surface area contributed by atoms with Crippen LogP contribution in [0.25, 0.3) is 6.08 Å². The minimum atomic E-state index is -0.410. The van der Waals surface area contributed by atoms with Crippen LogP contribution in [0.2, 0.25) is 0 Å². The molecule has 3 fully saturated rings. The average molecular weight is 526 g/mol. The molecule has 6 rings (SSSR count). The first kappa shape index (κ1) is 25.8. The second-order valence-corrected chi connectivity index (χ2v) is 11.7. The Morgan fingerprint density at radius 1 is 0.718 bits per heavy atom. The van der Waals surface area contributed by atoms with Crippen molar-refractivity contribution in [2.24, 2.45) is 0 Å². The number of benzene rings is 2. The van der Waals surface area contributed by atoms with Gasteiger partial charge in [0.15, 0.2) is 0 Å². The van der Waals surface area contributed by atoms with Gasteiger partial charge in [-0.1, -0.05) is 74.9 Å². The molecule has 0 spiro atoms. The summed E-state index contributed by atoms with van der Waals surface area (Å²) < 4.78 is 0. The van der Waals surface area contributed by atoms with Gasteiger partial charge in [-0.05, 0) is 73.4 Å². The van der Waals surface area contributed by atoms with E-state index in [-0.39, 0.29) is 23.7 Å². The van der Waals surface area contributed by atoms with E-state index < -0.39 is 11.8 Å². The van der Waals surface area contributed by atoms with E-state index >= 15 is 0 Å². The zero-order chi connectivity index (χ0) is 26.8. The zero-order valence-corrected chi connectivity index (χ0v) is 22.8. The lowest BCUT2D eigenvalue weighted by Crippen LogP contribution is -2.62. The summed E-state index contributed by atoms with van der Waals surface area (Å²) in [6.07, 6.45) is 13.4. The molecule has 1 saturated heterocycles. The third-order valence-electron chi connectivity index (χ3n) is 9.04. The Bertz CT molecular complexity index is 1220. The molecule has 6 heteroatoms. The first-order valence-corrected chi connectivity index (χ1v) is 14.9. The summed E-state index contributed by atoms with van der Waals surface area (Å²) in [5.41, 5.74) is 4.74. The van der Waals surface area contributed by atoms with Crippen molar-refractivity contribution in [2.75, 3.05) is 11.4 Å². The Labute approximate surface area is 231 Å². The second kappa shape index (κ2) is 11.4. The van der Waals surface area contributed by atoms with E-state index in [1.807, 2.05) is 12.1 Å². The van der Waals surface area contributed by atoms with Crippen LogP contribution < -0.4 is 4.90 Å². The molecule has 0 bridgehead atoms. The number of rotatable bonds is 5. The maximum Gasteiger partial charge on any atom is 0.334 e. The summed E-state index contributed by atoms with van der Waals surface area (Å²) in [6, 6.07) is 16.2. The summed E-state index contributed by atoms with van der Waals surface area (Å²) in [7, 11) is 0. The Morgan fingerprint density at radius 2 is 1.33 bits per heavy atom. The Hall–Kier alpha value is -3.41. The fourth-order valence-corrected chi connectivity index (χ4v) is 7.01. The Balaban J connectivity index is 1.32. The van der Waals surface area contributed by atoms with Crippen molar-refractivity contribution in [1.82, 2.24) is 9.80 Å². The minimum Gasteiger partial charge on any atom is -0.367 e. The molecule has 204 valence electrons. The van der Waals surface area contributed by atoms with Crippen molar-refractivity contribution >= 4 is 29.6 Å². The molecule has 0 atom stereocenters. The standard InChI is InChI=1S/C33H39N3O3/c37-31-29(22-25-18-19-30-26(21-25)13-10-20-34(30)23-24-11-4-1-5-12-24)32(38)36(28-16-8-3-9-17-28)33(39)35(31)27-14-6-2-7-15-27/h1,4-5,11-12,18-19,21-22,27-28H,2-3,6-10,13-17,20,23H2. The number of amides is 4. The highest BCUT2D eigenvalue weighted by Crippen LogP contribution is 2.34. The molecule has 39 heavy (non-hydrogen) atoms. The first-order valence-electron chi connectivity index (χ1n) is 14.9. The number of hydrogen-bond donors (Lipinski definition) is 0. The maximum atomic E-state index is 13.8. The summed E-state index contributed by atoms with van der Waals surface area (Å²) in [5, 5.41) is 0. The molecule has 6 nitrogen and oxygen atoms in total. The van der Waals surface area contributed by atoms with Crippen LogP contribution in [0.1, 0.15) is 87.3 Å². The average Bonchev–Trinajstić information content (AvgIpc) is 2.97. The summed E-state index contributed by atoms with van der Waals surface area (Å²) in [5.74, 6) is -0.820. The fourth-order valence-electron chi connectivity index (χ4n) is 7.01. The maximum absolute atomic E-state index is 13.8. The molecule has 2 aliphatic carbocycles. The lowest BCUT2D eigenvalue weighted by Gasteiger charge is -2.43. The van der Waals surface area contributed by atoms with E-state index in [0.29, 0.717) is 0 Å². The number of nitrogens with zero attached hydrogens (tertiary/aromatic N) is 3. The largest absolute Gasteiger partial charge is 0.367 e. The van der Waals surface area contributed by atoms with Crippen molar-refractivity contribution in [1.29, 1.82) is 0 Å². The number of barbiturate groups is 1. The van der Waals surface area contributed by atoms with Crippen molar-refractivity contribution in [3.8, 4) is 0 Å². The number of urea groups is 1. The molecular weight excluding hydrogens is 486 g/mol. The molecule has 2 aromatic rings. The predicted octanol–water partition coefficient (Wildman–Crippen LogP) is 6.48. The number of carbonyl (C=O) groups excluding carboxylic acids is 3.